The maximum absolute atomic E-state index is 2.33. The third-order valence-electron chi connectivity index (χ3n) is 0.778. The van der Waals surface area contributed by atoms with Crippen molar-refractivity contribution < 1.29 is 0 Å². The molecule has 0 unspecified atom stereocenters. The van der Waals surface area contributed by atoms with Crippen LogP contribution < -0.4 is 0 Å². The van der Waals surface area contributed by atoms with Crippen LogP contribution in [0, 0.1) is 5.08 Å². The van der Waals surface area contributed by atoms with Gasteiger partial charge in [-0.05, 0) is 0 Å². The second kappa shape index (κ2) is 2.17. The maximum atomic E-state index is 2.33. The van der Waals surface area contributed by atoms with Gasteiger partial charge in [0.1, 0.15) is 0 Å². The monoisotopic (exact) mass is 263 g/mol. The number of hydrogen-bond acceptors (Lipinski definition) is 2. The number of hydrogen-bond donors (Lipinski definition) is 0. The summed E-state index contributed by atoms with van der Waals surface area (Å²) in [6, 6.07) is 0. The Morgan fingerprint density at radius 3 is 1.86 bits per heavy atom. The molecule has 0 aromatic heterocycles. The van der Waals surface area contributed by atoms with Gasteiger partial charge in [-0.15, -0.1) is 0 Å². The summed E-state index contributed by atoms with van der Waals surface area (Å²) in [5.41, 5.74) is 0. The van der Waals surface area contributed by atoms with Crippen molar-refractivity contribution in [2.75, 3.05) is 0 Å². The Morgan fingerprint density at radius 2 is 1.71 bits per heavy atom. The molecule has 0 aliphatic carbocycles. The van der Waals surface area contributed by atoms with E-state index in [-0.39, 0.29) is 0 Å². The zero-order chi connectivity index (χ0) is 4.69. The summed E-state index contributed by atoms with van der Waals surface area (Å²) in [6.45, 7) is 0. The molecule has 3 rings (SSSR count). The molecule has 1 radical (unpaired) electrons. The van der Waals surface area contributed by atoms with Gasteiger partial charge in [0.15, 0.2) is 0 Å². The van der Waals surface area contributed by atoms with Crippen LogP contribution in [-0.4, -0.2) is 36.0 Å². The zero-order valence-electron chi connectivity index (χ0n) is 3.37. The van der Waals surface area contributed by atoms with E-state index in [4.69, 9.17) is 0 Å². The average molecular weight is 261 g/mol. The van der Waals surface area contributed by atoms with Crippen LogP contribution in [0.2, 0.25) is 0 Å². The number of fused-ring (bicyclic) bond motifs is 2. The van der Waals surface area contributed by atoms with Crippen LogP contribution in [0.15, 0.2) is 0 Å². The predicted molar refractivity (Wildman–Crippen MR) is 38.6 cm³/mol. The van der Waals surface area contributed by atoms with E-state index in [1.165, 1.54) is 0 Å². The van der Waals surface area contributed by atoms with Gasteiger partial charge in [-0.2, -0.15) is 0 Å². The van der Waals surface area contributed by atoms with E-state index in [0.717, 1.165) is 36.0 Å². The Bertz CT molecular complexity index is 67.5. The third-order valence-corrected chi connectivity index (χ3v) is 13.9. The molecular formula is C3H3S2Se2. The molecule has 3 heterocycles. The minimum atomic E-state index is 1.03. The van der Waals surface area contributed by atoms with Crippen LogP contribution in [0.4, 0.5) is 0 Å². The second-order valence-electron chi connectivity index (χ2n) is 1.22. The van der Waals surface area contributed by atoms with Gasteiger partial charge in [-0.3, -0.25) is 0 Å². The van der Waals surface area contributed by atoms with Gasteiger partial charge in [-0.1, -0.05) is 0 Å². The molecule has 3 fully saturated rings. The fourth-order valence-electron chi connectivity index (χ4n) is 0.443. The summed E-state index contributed by atoms with van der Waals surface area (Å²) in [5.74, 6) is 0. The van der Waals surface area contributed by atoms with Crippen LogP contribution in [0.25, 0.3) is 0 Å². The van der Waals surface area contributed by atoms with E-state index in [1.54, 1.807) is 0 Å². The van der Waals surface area contributed by atoms with Gasteiger partial charge >= 0.3 is 64.6 Å². The Balaban J connectivity index is 1.99. The first-order chi connectivity index (χ1) is 3.45. The normalized spacial score (nSPS) is 48.0. The molecule has 39 valence electrons. The molecule has 0 N–H and O–H groups in total. The van der Waals surface area contributed by atoms with Crippen LogP contribution in [-0.2, 0) is 0 Å². The number of rotatable bonds is 0. The molecular weight excluding hydrogens is 258 g/mol. The van der Waals surface area contributed by atoms with Crippen molar-refractivity contribution in [3.8, 4) is 0 Å². The van der Waals surface area contributed by atoms with Crippen LogP contribution in [0.1, 0.15) is 0 Å². The first-order valence-corrected chi connectivity index (χ1v) is 7.73. The summed E-state index contributed by atoms with van der Waals surface area (Å²) in [5, 5.41) is 2.33. The molecule has 3 aliphatic heterocycles. The van der Waals surface area contributed by atoms with E-state index < -0.39 is 0 Å². The van der Waals surface area contributed by atoms with E-state index in [0.29, 0.717) is 0 Å². The molecule has 2 bridgehead atoms. The molecule has 4 heteroatoms. The molecule has 0 atom stereocenters. The predicted octanol–water partition coefficient (Wildman–Crippen LogP) is 0.575. The van der Waals surface area contributed by atoms with Crippen molar-refractivity contribution in [1.29, 1.82) is 0 Å². The Hall–Kier alpha value is 1.74. The van der Waals surface area contributed by atoms with Gasteiger partial charge in [0.05, 0.1) is 0 Å². The molecule has 0 spiro atoms. The SMILES string of the molecule is [CH]1SC2[Se]C(S1)[Se]2. The van der Waals surface area contributed by atoms with Gasteiger partial charge in [-0.25, -0.2) is 0 Å². The first-order valence-electron chi connectivity index (χ1n) is 1.89. The van der Waals surface area contributed by atoms with Crippen LogP contribution in [0.3, 0.4) is 0 Å². The topological polar surface area (TPSA) is 0 Å². The molecule has 3 saturated heterocycles. The van der Waals surface area contributed by atoms with Crippen molar-refractivity contribution >= 4 is 53.4 Å². The molecule has 0 saturated carbocycles. The van der Waals surface area contributed by atoms with E-state index in [9.17, 15) is 0 Å². The Labute approximate surface area is 64.3 Å². The second-order valence-corrected chi connectivity index (χ2v) is 14.3. The summed E-state index contributed by atoms with van der Waals surface area (Å²) in [7, 11) is 0. The summed E-state index contributed by atoms with van der Waals surface area (Å²) >= 11 is 6.22. The van der Waals surface area contributed by atoms with E-state index >= 15 is 0 Å². The third kappa shape index (κ3) is 1.03. The zero-order valence-corrected chi connectivity index (χ0v) is 8.42. The Morgan fingerprint density at radius 1 is 1.14 bits per heavy atom. The van der Waals surface area contributed by atoms with E-state index in [1.807, 2.05) is 0 Å². The first kappa shape index (κ1) is 5.52. The van der Waals surface area contributed by atoms with Crippen LogP contribution in [0.5, 0.6) is 0 Å². The van der Waals surface area contributed by atoms with Crippen molar-refractivity contribution in [1.82, 2.24) is 0 Å². The molecule has 0 aromatic carbocycles. The standard InChI is InChI=1S/C3H3S2Se2/c1-4-2-6-3(5-1)7-2/h1-3H. The molecule has 0 aromatic rings. The van der Waals surface area contributed by atoms with Crippen molar-refractivity contribution in [3.05, 3.63) is 5.08 Å². The van der Waals surface area contributed by atoms with Gasteiger partial charge in [0.25, 0.3) is 0 Å². The van der Waals surface area contributed by atoms with Crippen LogP contribution >= 0.6 is 23.5 Å². The molecule has 3 aliphatic rings. The fraction of sp³-hybridized carbons (Fsp3) is 0.667. The average Bonchev–Trinajstić information content (AvgIpc) is 1.67. The summed E-state index contributed by atoms with van der Waals surface area (Å²) < 4.78 is 2.29. The minimum absolute atomic E-state index is 1.03. The van der Waals surface area contributed by atoms with Crippen molar-refractivity contribution in [2.24, 2.45) is 0 Å². The Kier molecular flexibility index (Phi) is 1.71. The summed E-state index contributed by atoms with van der Waals surface area (Å²) in [6.07, 6.45) is 0. The van der Waals surface area contributed by atoms with Crippen molar-refractivity contribution in [3.63, 3.8) is 0 Å². The van der Waals surface area contributed by atoms with Gasteiger partial charge < -0.3 is 0 Å². The number of thioether (sulfide) groups is 2. The molecule has 0 amide bonds. The molecule has 0 nitrogen and oxygen atoms in total. The van der Waals surface area contributed by atoms with E-state index in [2.05, 4.69) is 28.6 Å². The van der Waals surface area contributed by atoms with Gasteiger partial charge in [0.2, 0.25) is 0 Å². The fourth-order valence-corrected chi connectivity index (χ4v) is 17.5. The quantitative estimate of drug-likeness (QED) is 0.585. The van der Waals surface area contributed by atoms with Gasteiger partial charge in [0, 0.05) is 0 Å². The molecule has 7 heavy (non-hydrogen) atoms. The summed E-state index contributed by atoms with van der Waals surface area (Å²) in [4.78, 5) is 0. The van der Waals surface area contributed by atoms with Crippen molar-refractivity contribution in [2.45, 2.75) is 6.09 Å².